The van der Waals surface area contributed by atoms with Crippen molar-refractivity contribution in [3.8, 4) is 22.6 Å². The molecule has 5 nitrogen and oxygen atoms in total. The number of benzene rings is 2. The van der Waals surface area contributed by atoms with Gasteiger partial charge in [0.1, 0.15) is 29.3 Å². The SMILES string of the molecule is Cc1c(-c2ccc(Oc3ccccc3)cc2)c2c(N)ncnc2n1C. The first-order chi connectivity index (χ1) is 12.1. The zero-order valence-corrected chi connectivity index (χ0v) is 14.1. The lowest BCUT2D eigenvalue weighted by Crippen LogP contribution is -1.95. The van der Waals surface area contributed by atoms with Crippen molar-refractivity contribution >= 4 is 16.9 Å². The Balaban J connectivity index is 1.76. The number of nitrogens with zero attached hydrogens (tertiary/aromatic N) is 3. The zero-order chi connectivity index (χ0) is 17.4. The van der Waals surface area contributed by atoms with Crippen LogP contribution in [-0.4, -0.2) is 14.5 Å². The number of anilines is 1. The van der Waals surface area contributed by atoms with Gasteiger partial charge >= 0.3 is 0 Å². The van der Waals surface area contributed by atoms with Crippen LogP contribution in [0, 0.1) is 6.92 Å². The van der Waals surface area contributed by atoms with Crippen LogP contribution in [0.25, 0.3) is 22.2 Å². The standard InChI is InChI=1S/C20H18N4O/c1-13-17(18-19(21)22-12-23-20(18)24(13)2)14-8-10-16(11-9-14)25-15-6-4-3-5-7-15/h3-12H,1-2H3,(H2,21,22,23). The number of hydrogen-bond donors (Lipinski definition) is 1. The fourth-order valence-electron chi connectivity index (χ4n) is 3.06. The van der Waals surface area contributed by atoms with Crippen molar-refractivity contribution in [2.75, 3.05) is 5.73 Å². The average Bonchev–Trinajstić information content (AvgIpc) is 2.89. The number of rotatable bonds is 3. The molecule has 0 unspecified atom stereocenters. The summed E-state index contributed by atoms with van der Waals surface area (Å²) in [6.45, 7) is 2.06. The molecule has 4 aromatic rings. The molecular formula is C20H18N4O. The maximum absolute atomic E-state index is 6.12. The van der Waals surface area contributed by atoms with E-state index in [0.29, 0.717) is 5.82 Å². The fraction of sp³-hybridized carbons (Fsp3) is 0.100. The van der Waals surface area contributed by atoms with E-state index in [1.165, 1.54) is 6.33 Å². The summed E-state index contributed by atoms with van der Waals surface area (Å²) in [4.78, 5) is 8.52. The van der Waals surface area contributed by atoms with Crippen molar-refractivity contribution in [2.24, 2.45) is 7.05 Å². The Morgan fingerprint density at radius 3 is 2.32 bits per heavy atom. The molecule has 124 valence electrons. The molecule has 2 heterocycles. The van der Waals surface area contributed by atoms with E-state index in [4.69, 9.17) is 10.5 Å². The zero-order valence-electron chi connectivity index (χ0n) is 14.1. The van der Waals surface area contributed by atoms with E-state index in [1.54, 1.807) is 0 Å². The van der Waals surface area contributed by atoms with Gasteiger partial charge < -0.3 is 15.0 Å². The highest BCUT2D eigenvalue weighted by atomic mass is 16.5. The highest BCUT2D eigenvalue weighted by Gasteiger charge is 2.17. The van der Waals surface area contributed by atoms with Gasteiger partial charge in [-0.3, -0.25) is 0 Å². The van der Waals surface area contributed by atoms with Crippen LogP contribution in [0.4, 0.5) is 5.82 Å². The van der Waals surface area contributed by atoms with Crippen LogP contribution in [0.3, 0.4) is 0 Å². The lowest BCUT2D eigenvalue weighted by Gasteiger charge is -2.08. The fourth-order valence-corrected chi connectivity index (χ4v) is 3.06. The molecule has 0 bridgehead atoms. The maximum atomic E-state index is 6.12. The minimum Gasteiger partial charge on any atom is -0.457 e. The van der Waals surface area contributed by atoms with Crippen molar-refractivity contribution < 1.29 is 4.74 Å². The second kappa shape index (κ2) is 5.94. The van der Waals surface area contributed by atoms with Crippen LogP contribution < -0.4 is 10.5 Å². The summed E-state index contributed by atoms with van der Waals surface area (Å²) >= 11 is 0. The van der Waals surface area contributed by atoms with Gasteiger partial charge in [-0.15, -0.1) is 0 Å². The lowest BCUT2D eigenvalue weighted by atomic mass is 10.0. The van der Waals surface area contributed by atoms with E-state index in [2.05, 4.69) is 16.9 Å². The molecule has 0 spiro atoms. The molecule has 0 aliphatic heterocycles. The molecule has 2 N–H and O–H groups in total. The predicted octanol–water partition coefficient (Wildman–Crippen LogP) is 4.32. The molecule has 0 atom stereocenters. The molecule has 0 radical (unpaired) electrons. The number of hydrogen-bond acceptors (Lipinski definition) is 4. The van der Waals surface area contributed by atoms with Gasteiger partial charge in [-0.25, -0.2) is 9.97 Å². The predicted molar refractivity (Wildman–Crippen MR) is 99.6 cm³/mol. The summed E-state index contributed by atoms with van der Waals surface area (Å²) in [6.07, 6.45) is 1.50. The monoisotopic (exact) mass is 330 g/mol. The number of para-hydroxylation sites is 1. The van der Waals surface area contributed by atoms with Crippen LogP contribution in [-0.2, 0) is 7.05 Å². The van der Waals surface area contributed by atoms with Crippen molar-refractivity contribution in [3.05, 3.63) is 66.6 Å². The highest BCUT2D eigenvalue weighted by Crippen LogP contribution is 2.36. The molecule has 0 saturated carbocycles. The van der Waals surface area contributed by atoms with Crippen molar-refractivity contribution in [1.82, 2.24) is 14.5 Å². The molecule has 0 saturated heterocycles. The van der Waals surface area contributed by atoms with E-state index in [0.717, 1.165) is 39.4 Å². The molecule has 0 aliphatic rings. The Morgan fingerprint density at radius 1 is 0.920 bits per heavy atom. The number of ether oxygens (including phenoxy) is 1. The van der Waals surface area contributed by atoms with Crippen molar-refractivity contribution in [2.45, 2.75) is 6.92 Å². The topological polar surface area (TPSA) is 66.0 Å². The summed E-state index contributed by atoms with van der Waals surface area (Å²) in [5, 5.41) is 0.888. The lowest BCUT2D eigenvalue weighted by molar-refractivity contribution is 0.483. The van der Waals surface area contributed by atoms with Gasteiger partial charge in [-0.05, 0) is 36.8 Å². The molecule has 2 aromatic carbocycles. The number of aryl methyl sites for hydroxylation is 1. The van der Waals surface area contributed by atoms with Crippen molar-refractivity contribution in [1.29, 1.82) is 0 Å². The van der Waals surface area contributed by atoms with Gasteiger partial charge in [0, 0.05) is 18.3 Å². The summed E-state index contributed by atoms with van der Waals surface area (Å²) < 4.78 is 7.90. The molecule has 4 rings (SSSR count). The maximum Gasteiger partial charge on any atom is 0.146 e. The second-order valence-corrected chi connectivity index (χ2v) is 5.92. The Bertz CT molecular complexity index is 1040. The third-order valence-electron chi connectivity index (χ3n) is 4.41. The van der Waals surface area contributed by atoms with E-state index in [1.807, 2.05) is 66.2 Å². The quantitative estimate of drug-likeness (QED) is 0.607. The van der Waals surface area contributed by atoms with E-state index in [-0.39, 0.29) is 0 Å². The Labute approximate surface area is 145 Å². The van der Waals surface area contributed by atoms with Crippen LogP contribution >= 0.6 is 0 Å². The molecule has 0 aliphatic carbocycles. The first-order valence-electron chi connectivity index (χ1n) is 8.04. The van der Waals surface area contributed by atoms with Gasteiger partial charge in [0.05, 0.1) is 5.39 Å². The van der Waals surface area contributed by atoms with Gasteiger partial charge in [0.15, 0.2) is 0 Å². The minimum absolute atomic E-state index is 0.494. The second-order valence-electron chi connectivity index (χ2n) is 5.92. The normalized spacial score (nSPS) is 11.0. The number of aromatic nitrogens is 3. The van der Waals surface area contributed by atoms with Crippen LogP contribution in [0.2, 0.25) is 0 Å². The van der Waals surface area contributed by atoms with E-state index in [9.17, 15) is 0 Å². The molecule has 2 aromatic heterocycles. The van der Waals surface area contributed by atoms with Gasteiger partial charge in [-0.2, -0.15) is 0 Å². The molecular weight excluding hydrogens is 312 g/mol. The first kappa shape index (κ1) is 15.2. The van der Waals surface area contributed by atoms with Gasteiger partial charge in [0.25, 0.3) is 0 Å². The molecule has 25 heavy (non-hydrogen) atoms. The van der Waals surface area contributed by atoms with Crippen LogP contribution in [0.1, 0.15) is 5.69 Å². The summed E-state index contributed by atoms with van der Waals surface area (Å²) in [5.41, 5.74) is 10.2. The number of nitrogen functional groups attached to an aromatic ring is 1. The highest BCUT2D eigenvalue weighted by molar-refractivity contribution is 6.02. The van der Waals surface area contributed by atoms with Crippen molar-refractivity contribution in [3.63, 3.8) is 0 Å². The summed E-state index contributed by atoms with van der Waals surface area (Å²) in [6, 6.07) is 17.7. The smallest absolute Gasteiger partial charge is 0.146 e. The largest absolute Gasteiger partial charge is 0.457 e. The Hall–Kier alpha value is -3.34. The van der Waals surface area contributed by atoms with Crippen LogP contribution in [0.15, 0.2) is 60.9 Å². The van der Waals surface area contributed by atoms with E-state index >= 15 is 0 Å². The van der Waals surface area contributed by atoms with E-state index < -0.39 is 0 Å². The Morgan fingerprint density at radius 2 is 1.60 bits per heavy atom. The minimum atomic E-state index is 0.494. The van der Waals surface area contributed by atoms with Gasteiger partial charge in [-0.1, -0.05) is 30.3 Å². The first-order valence-corrected chi connectivity index (χ1v) is 8.04. The number of fused-ring (bicyclic) bond motifs is 1. The average molecular weight is 330 g/mol. The number of nitrogens with two attached hydrogens (primary N) is 1. The Kier molecular flexibility index (Phi) is 3.61. The summed E-state index contributed by atoms with van der Waals surface area (Å²) in [7, 11) is 1.99. The third kappa shape index (κ3) is 2.59. The van der Waals surface area contributed by atoms with Gasteiger partial charge in [0.2, 0.25) is 0 Å². The molecule has 0 amide bonds. The third-order valence-corrected chi connectivity index (χ3v) is 4.41. The van der Waals surface area contributed by atoms with Crippen LogP contribution in [0.5, 0.6) is 11.5 Å². The molecule has 5 heteroatoms. The summed E-state index contributed by atoms with van der Waals surface area (Å²) in [5.74, 6) is 2.10. The molecule has 0 fully saturated rings.